The minimum Gasteiger partial charge on any atom is -0.350 e. The number of hydrogen-bond donors (Lipinski definition) is 1. The molecule has 0 bridgehead atoms. The molecule has 0 fully saturated rings. The fraction of sp³-hybridized carbons (Fsp3) is 0.471. The maximum absolute atomic E-state index is 12.1. The van der Waals surface area contributed by atoms with E-state index in [1.165, 1.54) is 5.56 Å². The Balaban J connectivity index is 1.96. The van der Waals surface area contributed by atoms with Crippen molar-refractivity contribution in [2.75, 3.05) is 0 Å². The summed E-state index contributed by atoms with van der Waals surface area (Å²) in [5, 5.41) is 12.2. The maximum Gasteiger partial charge on any atom is 0.251 e. The first kappa shape index (κ1) is 17.5. The van der Waals surface area contributed by atoms with E-state index in [0.717, 1.165) is 29.7 Å². The van der Waals surface area contributed by atoms with Crippen LogP contribution in [0.4, 0.5) is 0 Å². The van der Waals surface area contributed by atoms with Crippen LogP contribution in [0.25, 0.3) is 0 Å². The van der Waals surface area contributed by atoms with Gasteiger partial charge in [-0.3, -0.25) is 4.79 Å². The summed E-state index contributed by atoms with van der Waals surface area (Å²) >= 11 is 1.66. The topological polar surface area (TPSA) is 59.8 Å². The van der Waals surface area contributed by atoms with Gasteiger partial charge < -0.3 is 9.88 Å². The molecule has 0 aliphatic rings. The van der Waals surface area contributed by atoms with E-state index in [0.29, 0.717) is 5.56 Å². The largest absolute Gasteiger partial charge is 0.350 e. The maximum atomic E-state index is 12.1. The Bertz CT molecular complexity index is 651. The number of rotatable bonds is 7. The van der Waals surface area contributed by atoms with E-state index in [4.69, 9.17) is 0 Å². The Hall–Kier alpha value is -1.82. The lowest BCUT2D eigenvalue weighted by Gasteiger charge is -2.11. The summed E-state index contributed by atoms with van der Waals surface area (Å²) in [6, 6.07) is 7.95. The zero-order valence-corrected chi connectivity index (χ0v) is 15.0. The Morgan fingerprint density at radius 1 is 1.26 bits per heavy atom. The molecule has 0 aliphatic heterocycles. The lowest BCUT2D eigenvalue weighted by molar-refractivity contribution is 0.0939. The van der Waals surface area contributed by atoms with Crippen LogP contribution in [0.15, 0.2) is 29.4 Å². The first-order chi connectivity index (χ1) is 11.0. The highest BCUT2D eigenvalue weighted by molar-refractivity contribution is 7.98. The molecule has 23 heavy (non-hydrogen) atoms. The van der Waals surface area contributed by atoms with Crippen LogP contribution >= 0.6 is 11.8 Å². The molecule has 0 radical (unpaired) electrons. The van der Waals surface area contributed by atoms with Gasteiger partial charge in [-0.25, -0.2) is 0 Å². The highest BCUT2D eigenvalue weighted by atomic mass is 32.2. The van der Waals surface area contributed by atoms with Crippen LogP contribution in [0.1, 0.15) is 48.9 Å². The van der Waals surface area contributed by atoms with E-state index >= 15 is 0 Å². The summed E-state index contributed by atoms with van der Waals surface area (Å²) in [5.74, 6) is 1.73. The number of benzene rings is 1. The minimum atomic E-state index is -0.0140. The molecule has 5 nitrogen and oxygen atoms in total. The molecule has 0 unspecified atom stereocenters. The molecular formula is C17H24N4OS. The third-order valence-corrected chi connectivity index (χ3v) is 4.83. The molecule has 124 valence electrons. The first-order valence-electron chi connectivity index (χ1n) is 7.97. The predicted octanol–water partition coefficient (Wildman–Crippen LogP) is 3.43. The van der Waals surface area contributed by atoms with Crippen molar-refractivity contribution in [1.82, 2.24) is 20.1 Å². The molecule has 0 aliphatic carbocycles. The Morgan fingerprint density at radius 3 is 2.57 bits per heavy atom. The van der Waals surface area contributed by atoms with Gasteiger partial charge in [-0.2, -0.15) is 0 Å². The standard InChI is InChI=1S/C17H24N4OS/c1-5-12(3)18-16(22)15-9-7-14(8-10-15)11-23-17-20-19-13(4)21(17)6-2/h7-10,12H,5-6,11H2,1-4H3,(H,18,22)/t12-/m0/s1. The summed E-state index contributed by atoms with van der Waals surface area (Å²) < 4.78 is 2.10. The Labute approximate surface area is 141 Å². The molecular weight excluding hydrogens is 308 g/mol. The lowest BCUT2D eigenvalue weighted by atomic mass is 10.1. The molecule has 0 saturated carbocycles. The van der Waals surface area contributed by atoms with Gasteiger partial charge in [0.25, 0.3) is 5.91 Å². The highest BCUT2D eigenvalue weighted by Crippen LogP contribution is 2.22. The number of amides is 1. The van der Waals surface area contributed by atoms with Crippen LogP contribution in [0.3, 0.4) is 0 Å². The van der Waals surface area contributed by atoms with Crippen molar-refractivity contribution in [2.45, 2.75) is 57.6 Å². The number of thioether (sulfide) groups is 1. The summed E-state index contributed by atoms with van der Waals surface area (Å²) in [6.45, 7) is 8.99. The number of nitrogens with one attached hydrogen (secondary N) is 1. The van der Waals surface area contributed by atoms with Gasteiger partial charge in [0.05, 0.1) is 0 Å². The molecule has 2 aromatic rings. The van der Waals surface area contributed by atoms with Gasteiger partial charge >= 0.3 is 0 Å². The SMILES string of the molecule is CC[C@H](C)NC(=O)c1ccc(CSc2nnc(C)n2CC)cc1. The first-order valence-corrected chi connectivity index (χ1v) is 8.96. The van der Waals surface area contributed by atoms with E-state index in [9.17, 15) is 4.79 Å². The molecule has 0 spiro atoms. The number of aryl methyl sites for hydroxylation is 1. The third-order valence-electron chi connectivity index (χ3n) is 3.79. The fourth-order valence-corrected chi connectivity index (χ4v) is 3.15. The van der Waals surface area contributed by atoms with Crippen LogP contribution < -0.4 is 5.32 Å². The second-order valence-electron chi connectivity index (χ2n) is 5.54. The van der Waals surface area contributed by atoms with Crippen molar-refractivity contribution >= 4 is 17.7 Å². The van der Waals surface area contributed by atoms with Gasteiger partial charge in [0, 0.05) is 23.9 Å². The van der Waals surface area contributed by atoms with Crippen LogP contribution in [0.5, 0.6) is 0 Å². The van der Waals surface area contributed by atoms with E-state index < -0.39 is 0 Å². The molecule has 0 saturated heterocycles. The molecule has 1 heterocycles. The molecule has 1 amide bonds. The van der Waals surface area contributed by atoms with Crippen LogP contribution in [0, 0.1) is 6.92 Å². The van der Waals surface area contributed by atoms with Crippen LogP contribution in [0.2, 0.25) is 0 Å². The van der Waals surface area contributed by atoms with E-state index in [1.807, 2.05) is 38.1 Å². The van der Waals surface area contributed by atoms with Gasteiger partial charge in [-0.1, -0.05) is 30.8 Å². The summed E-state index contributed by atoms with van der Waals surface area (Å²) in [6.07, 6.45) is 0.929. The smallest absolute Gasteiger partial charge is 0.251 e. The number of nitrogens with zero attached hydrogens (tertiary/aromatic N) is 3. The van der Waals surface area contributed by atoms with Crippen molar-refractivity contribution in [3.8, 4) is 0 Å². The van der Waals surface area contributed by atoms with Crippen molar-refractivity contribution in [1.29, 1.82) is 0 Å². The van der Waals surface area contributed by atoms with Gasteiger partial charge in [0.15, 0.2) is 5.16 Å². The number of carbonyl (C=O) groups excluding carboxylic acids is 1. The predicted molar refractivity (Wildman–Crippen MR) is 93.7 cm³/mol. The van der Waals surface area contributed by atoms with Gasteiger partial charge in [-0.15, -0.1) is 10.2 Å². The summed E-state index contributed by atoms with van der Waals surface area (Å²) in [5.41, 5.74) is 1.87. The molecule has 1 aromatic heterocycles. The minimum absolute atomic E-state index is 0.0140. The summed E-state index contributed by atoms with van der Waals surface area (Å²) in [7, 11) is 0. The van der Waals surface area contributed by atoms with Crippen molar-refractivity contribution < 1.29 is 4.79 Å². The Morgan fingerprint density at radius 2 is 1.96 bits per heavy atom. The Kier molecular flexibility index (Phi) is 6.21. The third kappa shape index (κ3) is 4.58. The quantitative estimate of drug-likeness (QED) is 0.789. The van der Waals surface area contributed by atoms with Crippen LogP contribution in [-0.4, -0.2) is 26.7 Å². The second-order valence-corrected chi connectivity index (χ2v) is 6.48. The van der Waals surface area contributed by atoms with E-state index in [2.05, 4.69) is 33.9 Å². The number of aromatic nitrogens is 3. The van der Waals surface area contributed by atoms with Gasteiger partial charge in [0.1, 0.15) is 5.82 Å². The summed E-state index contributed by atoms with van der Waals surface area (Å²) in [4.78, 5) is 12.1. The van der Waals surface area contributed by atoms with Crippen molar-refractivity contribution in [3.05, 3.63) is 41.2 Å². The van der Waals surface area contributed by atoms with Crippen molar-refractivity contribution in [3.63, 3.8) is 0 Å². The number of hydrogen-bond acceptors (Lipinski definition) is 4. The molecule has 2 rings (SSSR count). The van der Waals surface area contributed by atoms with Crippen molar-refractivity contribution in [2.24, 2.45) is 0 Å². The fourth-order valence-electron chi connectivity index (χ4n) is 2.14. The normalized spacial score (nSPS) is 12.2. The molecule has 1 atom stereocenters. The molecule has 6 heteroatoms. The molecule has 1 N–H and O–H groups in total. The van der Waals surface area contributed by atoms with Gasteiger partial charge in [-0.05, 0) is 44.9 Å². The van der Waals surface area contributed by atoms with E-state index in [1.54, 1.807) is 11.8 Å². The average molecular weight is 332 g/mol. The van der Waals surface area contributed by atoms with E-state index in [-0.39, 0.29) is 11.9 Å². The average Bonchev–Trinajstić information content (AvgIpc) is 2.93. The second kappa shape index (κ2) is 8.15. The number of carbonyl (C=O) groups is 1. The monoisotopic (exact) mass is 332 g/mol. The lowest BCUT2D eigenvalue weighted by Crippen LogP contribution is -2.31. The molecule has 1 aromatic carbocycles. The zero-order chi connectivity index (χ0) is 16.8. The van der Waals surface area contributed by atoms with Crippen LogP contribution in [-0.2, 0) is 12.3 Å². The van der Waals surface area contributed by atoms with Gasteiger partial charge in [0.2, 0.25) is 0 Å². The zero-order valence-electron chi connectivity index (χ0n) is 14.2. The highest BCUT2D eigenvalue weighted by Gasteiger charge is 2.10.